The number of aryl methyl sites for hydroxylation is 1. The van der Waals surface area contributed by atoms with Crippen LogP contribution in [0.1, 0.15) is 29.8 Å². The molecule has 0 saturated carbocycles. The normalized spacial score (nSPS) is 10.5. The molecule has 1 N–H and O–H groups in total. The van der Waals surface area contributed by atoms with Crippen molar-refractivity contribution in [3.05, 3.63) is 29.3 Å². The summed E-state index contributed by atoms with van der Waals surface area (Å²) in [6, 6.07) is 5.61. The first-order valence-corrected chi connectivity index (χ1v) is 5.00. The van der Waals surface area contributed by atoms with Gasteiger partial charge in [0.1, 0.15) is 0 Å². The third kappa shape index (κ3) is 2.49. The lowest BCUT2D eigenvalue weighted by Gasteiger charge is -2.25. The van der Waals surface area contributed by atoms with E-state index in [1.54, 1.807) is 12.1 Å². The number of hydrogen-bond donors (Lipinski definition) is 1. The van der Waals surface area contributed by atoms with Crippen molar-refractivity contribution in [3.63, 3.8) is 0 Å². The van der Waals surface area contributed by atoms with Gasteiger partial charge in [0.2, 0.25) is 0 Å². The number of rotatable bonds is 3. The van der Waals surface area contributed by atoms with E-state index in [1.807, 2.05) is 20.0 Å². The van der Waals surface area contributed by atoms with Crippen LogP contribution in [0.25, 0.3) is 0 Å². The Balaban J connectivity index is 3.08. The molecule has 0 spiro atoms. The summed E-state index contributed by atoms with van der Waals surface area (Å²) in [7, 11) is 2.01. The first kappa shape index (κ1) is 11.6. The molecule has 0 unspecified atom stereocenters. The minimum Gasteiger partial charge on any atom is -0.478 e. The Morgan fingerprint density at radius 2 is 2.00 bits per heavy atom. The Morgan fingerprint density at radius 1 is 1.40 bits per heavy atom. The zero-order chi connectivity index (χ0) is 11.6. The summed E-state index contributed by atoms with van der Waals surface area (Å²) in [4.78, 5) is 12.9. The third-order valence-corrected chi connectivity index (χ3v) is 2.60. The van der Waals surface area contributed by atoms with Crippen molar-refractivity contribution in [2.24, 2.45) is 0 Å². The van der Waals surface area contributed by atoms with Crippen LogP contribution in [0.15, 0.2) is 18.2 Å². The molecule has 0 fully saturated rings. The van der Waals surface area contributed by atoms with Crippen molar-refractivity contribution in [3.8, 4) is 0 Å². The molecule has 1 aromatic rings. The van der Waals surface area contributed by atoms with Crippen LogP contribution in [0.4, 0.5) is 5.69 Å². The van der Waals surface area contributed by atoms with Gasteiger partial charge in [-0.25, -0.2) is 4.79 Å². The summed E-state index contributed by atoms with van der Waals surface area (Å²) in [5, 5.41) is 8.83. The molecule has 0 heterocycles. The molecular formula is C12H17NO2. The second-order valence-electron chi connectivity index (χ2n) is 4.01. The molecule has 82 valence electrons. The van der Waals surface area contributed by atoms with Gasteiger partial charge in [-0.2, -0.15) is 0 Å². The van der Waals surface area contributed by atoms with Crippen LogP contribution >= 0.6 is 0 Å². The fourth-order valence-electron chi connectivity index (χ4n) is 1.46. The molecule has 1 aromatic carbocycles. The SMILES string of the molecule is Cc1cc(C(=O)O)ccc1N(C)C(C)C. The Morgan fingerprint density at radius 3 is 2.40 bits per heavy atom. The van der Waals surface area contributed by atoms with Gasteiger partial charge in [-0.1, -0.05) is 0 Å². The van der Waals surface area contributed by atoms with Gasteiger partial charge in [-0.05, 0) is 44.5 Å². The van der Waals surface area contributed by atoms with E-state index < -0.39 is 5.97 Å². The second-order valence-corrected chi connectivity index (χ2v) is 4.01. The van der Waals surface area contributed by atoms with E-state index in [-0.39, 0.29) is 0 Å². The van der Waals surface area contributed by atoms with Gasteiger partial charge < -0.3 is 10.0 Å². The molecule has 0 radical (unpaired) electrons. The molecule has 0 saturated heterocycles. The number of hydrogen-bond acceptors (Lipinski definition) is 2. The molecule has 3 heteroatoms. The van der Waals surface area contributed by atoms with Crippen molar-refractivity contribution < 1.29 is 9.90 Å². The maximum Gasteiger partial charge on any atom is 0.335 e. The molecular weight excluding hydrogens is 190 g/mol. The van der Waals surface area contributed by atoms with Gasteiger partial charge in [-0.15, -0.1) is 0 Å². The summed E-state index contributed by atoms with van der Waals surface area (Å²) in [6.45, 7) is 6.13. The minimum atomic E-state index is -0.878. The van der Waals surface area contributed by atoms with Crippen molar-refractivity contribution in [2.45, 2.75) is 26.8 Å². The van der Waals surface area contributed by atoms with Crippen molar-refractivity contribution >= 4 is 11.7 Å². The minimum absolute atomic E-state index is 0.341. The summed E-state index contributed by atoms with van der Waals surface area (Å²) in [5.74, 6) is -0.878. The van der Waals surface area contributed by atoms with E-state index in [0.717, 1.165) is 11.3 Å². The van der Waals surface area contributed by atoms with Crippen LogP contribution in [-0.2, 0) is 0 Å². The van der Waals surface area contributed by atoms with E-state index in [2.05, 4.69) is 18.7 Å². The van der Waals surface area contributed by atoms with Crippen molar-refractivity contribution in [1.82, 2.24) is 0 Å². The Labute approximate surface area is 90.3 Å². The molecule has 0 aliphatic carbocycles. The van der Waals surface area contributed by atoms with E-state index in [4.69, 9.17) is 5.11 Å². The topological polar surface area (TPSA) is 40.5 Å². The Kier molecular flexibility index (Phi) is 3.35. The van der Waals surface area contributed by atoms with E-state index >= 15 is 0 Å². The number of carboxylic acid groups (broad SMARTS) is 1. The number of carboxylic acids is 1. The van der Waals surface area contributed by atoms with E-state index in [1.165, 1.54) is 0 Å². The monoisotopic (exact) mass is 207 g/mol. The van der Waals surface area contributed by atoms with Crippen LogP contribution < -0.4 is 4.90 Å². The molecule has 3 nitrogen and oxygen atoms in total. The summed E-state index contributed by atoms with van der Waals surface area (Å²) in [5.41, 5.74) is 2.41. The fourth-order valence-corrected chi connectivity index (χ4v) is 1.46. The van der Waals surface area contributed by atoms with E-state index in [9.17, 15) is 4.79 Å². The first-order valence-electron chi connectivity index (χ1n) is 5.00. The molecule has 1 rings (SSSR count). The zero-order valence-corrected chi connectivity index (χ0v) is 9.61. The summed E-state index contributed by atoms with van der Waals surface area (Å²) in [6.07, 6.45) is 0. The van der Waals surface area contributed by atoms with E-state index in [0.29, 0.717) is 11.6 Å². The molecule has 0 amide bonds. The van der Waals surface area contributed by atoms with Crippen molar-refractivity contribution in [1.29, 1.82) is 0 Å². The Hall–Kier alpha value is -1.51. The lowest BCUT2D eigenvalue weighted by Crippen LogP contribution is -2.26. The standard InChI is InChI=1S/C12H17NO2/c1-8(2)13(4)11-6-5-10(12(14)15)7-9(11)3/h5-8H,1-4H3,(H,14,15). The van der Waals surface area contributed by atoms with Gasteiger partial charge in [0.25, 0.3) is 0 Å². The van der Waals surface area contributed by atoms with Gasteiger partial charge in [0.15, 0.2) is 0 Å². The number of carbonyl (C=O) groups is 1. The average molecular weight is 207 g/mol. The predicted octanol–water partition coefficient (Wildman–Crippen LogP) is 2.54. The number of aromatic carboxylic acids is 1. The summed E-state index contributed by atoms with van der Waals surface area (Å²) >= 11 is 0. The van der Waals surface area contributed by atoms with Crippen LogP contribution in [0.3, 0.4) is 0 Å². The highest BCUT2D eigenvalue weighted by molar-refractivity contribution is 5.88. The van der Waals surface area contributed by atoms with Gasteiger partial charge >= 0.3 is 5.97 Å². The van der Waals surface area contributed by atoms with Crippen LogP contribution in [0.5, 0.6) is 0 Å². The number of nitrogens with zero attached hydrogens (tertiary/aromatic N) is 1. The predicted molar refractivity (Wildman–Crippen MR) is 61.7 cm³/mol. The lowest BCUT2D eigenvalue weighted by molar-refractivity contribution is 0.0697. The van der Waals surface area contributed by atoms with Crippen LogP contribution in [0.2, 0.25) is 0 Å². The van der Waals surface area contributed by atoms with Crippen LogP contribution in [0, 0.1) is 6.92 Å². The third-order valence-electron chi connectivity index (χ3n) is 2.60. The van der Waals surface area contributed by atoms with Crippen LogP contribution in [-0.4, -0.2) is 24.2 Å². The highest BCUT2D eigenvalue weighted by Crippen LogP contribution is 2.21. The fraction of sp³-hybridized carbons (Fsp3) is 0.417. The summed E-state index contributed by atoms with van der Waals surface area (Å²) < 4.78 is 0. The Bertz CT molecular complexity index is 372. The molecule has 15 heavy (non-hydrogen) atoms. The maximum atomic E-state index is 10.8. The zero-order valence-electron chi connectivity index (χ0n) is 9.61. The smallest absolute Gasteiger partial charge is 0.335 e. The second kappa shape index (κ2) is 4.34. The lowest BCUT2D eigenvalue weighted by atomic mass is 10.1. The quantitative estimate of drug-likeness (QED) is 0.828. The molecule has 0 aliphatic heterocycles. The van der Waals surface area contributed by atoms with Gasteiger partial charge in [-0.3, -0.25) is 0 Å². The van der Waals surface area contributed by atoms with Gasteiger partial charge in [0, 0.05) is 18.8 Å². The largest absolute Gasteiger partial charge is 0.478 e. The number of benzene rings is 1. The molecule has 0 atom stereocenters. The highest BCUT2D eigenvalue weighted by Gasteiger charge is 2.10. The molecule has 0 aromatic heterocycles. The first-order chi connectivity index (χ1) is 6.93. The molecule has 0 bridgehead atoms. The molecule has 0 aliphatic rings. The number of anilines is 1. The maximum absolute atomic E-state index is 10.8. The highest BCUT2D eigenvalue weighted by atomic mass is 16.4. The average Bonchev–Trinajstić information content (AvgIpc) is 2.16. The van der Waals surface area contributed by atoms with Gasteiger partial charge in [0.05, 0.1) is 5.56 Å². The van der Waals surface area contributed by atoms with Crippen molar-refractivity contribution in [2.75, 3.05) is 11.9 Å².